The van der Waals surface area contributed by atoms with E-state index >= 15 is 0 Å². The van der Waals surface area contributed by atoms with E-state index in [9.17, 15) is 4.79 Å². The molecule has 0 unspecified atom stereocenters. The molecule has 0 aromatic heterocycles. The van der Waals surface area contributed by atoms with Crippen LogP contribution in [0.4, 0.5) is 0 Å². The first-order valence-electron chi connectivity index (χ1n) is 11.0. The fourth-order valence-electron chi connectivity index (χ4n) is 4.17. The molecule has 3 rings (SSSR count). The Balaban J connectivity index is 1.38. The van der Waals surface area contributed by atoms with Gasteiger partial charge in [0.25, 0.3) is 5.91 Å². The summed E-state index contributed by atoms with van der Waals surface area (Å²) < 4.78 is 11.9. The first kappa shape index (κ1) is 22.6. The number of benzene rings is 1. The van der Waals surface area contributed by atoms with E-state index in [0.29, 0.717) is 17.5 Å². The zero-order valence-corrected chi connectivity index (χ0v) is 19.1. The Morgan fingerprint density at radius 2 is 1.76 bits per heavy atom. The van der Waals surface area contributed by atoms with Crippen molar-refractivity contribution < 1.29 is 14.3 Å². The molecule has 2 atom stereocenters. The number of rotatable bonds is 7. The van der Waals surface area contributed by atoms with Gasteiger partial charge < -0.3 is 14.4 Å². The number of hydrogen-bond donors (Lipinski definition) is 0. The summed E-state index contributed by atoms with van der Waals surface area (Å²) >= 11 is 1.82. The van der Waals surface area contributed by atoms with E-state index in [1.807, 2.05) is 28.8 Å². The lowest BCUT2D eigenvalue weighted by atomic mass is 10.1. The number of thioether (sulfide) groups is 1. The molecule has 5 nitrogen and oxygen atoms in total. The van der Waals surface area contributed by atoms with Crippen LogP contribution in [0.5, 0.6) is 0 Å². The van der Waals surface area contributed by atoms with Crippen molar-refractivity contribution in [2.24, 2.45) is 0 Å². The standard InChI is InChI=1S/C23H36N2O3S/c1-17(2)29-22-7-5-20(6-8-22)23(26)25-11-9-21(10-12-25)27-14-13-24-15-18(3)28-19(4)16-24/h5-8,17-19,21H,9-16H2,1-4H3/t18-,19-/m1/s1. The summed E-state index contributed by atoms with van der Waals surface area (Å²) in [5.41, 5.74) is 0.785. The van der Waals surface area contributed by atoms with Crippen molar-refractivity contribution in [2.45, 2.75) is 69.0 Å². The van der Waals surface area contributed by atoms with E-state index in [4.69, 9.17) is 9.47 Å². The van der Waals surface area contributed by atoms with Gasteiger partial charge in [-0.2, -0.15) is 0 Å². The molecule has 162 valence electrons. The van der Waals surface area contributed by atoms with E-state index in [1.165, 1.54) is 4.90 Å². The second-order valence-corrected chi connectivity index (χ2v) is 10.2. The molecule has 6 heteroatoms. The molecule has 2 aliphatic rings. The molecule has 1 aromatic rings. The van der Waals surface area contributed by atoms with Gasteiger partial charge in [-0.15, -0.1) is 11.8 Å². The summed E-state index contributed by atoms with van der Waals surface area (Å²) in [6, 6.07) is 8.03. The van der Waals surface area contributed by atoms with Crippen LogP contribution >= 0.6 is 11.8 Å². The largest absolute Gasteiger partial charge is 0.377 e. The Bertz CT molecular complexity index is 634. The minimum atomic E-state index is 0.140. The van der Waals surface area contributed by atoms with Gasteiger partial charge in [-0.25, -0.2) is 0 Å². The molecule has 2 fully saturated rings. The molecule has 29 heavy (non-hydrogen) atoms. The van der Waals surface area contributed by atoms with Crippen LogP contribution in [0.25, 0.3) is 0 Å². The normalized spacial score (nSPS) is 24.2. The van der Waals surface area contributed by atoms with E-state index in [2.05, 4.69) is 44.7 Å². The fraction of sp³-hybridized carbons (Fsp3) is 0.696. The van der Waals surface area contributed by atoms with Crippen LogP contribution in [0.3, 0.4) is 0 Å². The van der Waals surface area contributed by atoms with Crippen molar-refractivity contribution in [3.63, 3.8) is 0 Å². The lowest BCUT2D eigenvalue weighted by Gasteiger charge is -2.36. The Kier molecular flexibility index (Phi) is 8.42. The maximum Gasteiger partial charge on any atom is 0.253 e. The highest BCUT2D eigenvalue weighted by Gasteiger charge is 2.25. The average Bonchev–Trinajstić information content (AvgIpc) is 2.67. The molecule has 1 amide bonds. The van der Waals surface area contributed by atoms with Gasteiger partial charge in [0, 0.05) is 48.4 Å². The first-order valence-corrected chi connectivity index (χ1v) is 11.8. The maximum absolute atomic E-state index is 12.8. The van der Waals surface area contributed by atoms with Crippen molar-refractivity contribution in [3.8, 4) is 0 Å². The topological polar surface area (TPSA) is 42.0 Å². The number of carbonyl (C=O) groups is 1. The molecule has 2 saturated heterocycles. The molecule has 1 aromatic carbocycles. The smallest absolute Gasteiger partial charge is 0.253 e. The SMILES string of the molecule is CC(C)Sc1ccc(C(=O)N2CCC(OCCN3C[C@@H](C)O[C@H](C)C3)CC2)cc1. The molecule has 0 radical (unpaired) electrons. The Morgan fingerprint density at radius 1 is 1.14 bits per heavy atom. The van der Waals surface area contributed by atoms with Crippen LogP contribution in [0, 0.1) is 0 Å². The molecule has 2 heterocycles. The minimum absolute atomic E-state index is 0.140. The third-order valence-corrected chi connectivity index (χ3v) is 6.47. The predicted octanol–water partition coefficient (Wildman–Crippen LogP) is 3.92. The number of likely N-dealkylation sites (tertiary alicyclic amines) is 1. The lowest BCUT2D eigenvalue weighted by molar-refractivity contribution is -0.0780. The number of hydrogen-bond acceptors (Lipinski definition) is 5. The van der Waals surface area contributed by atoms with Gasteiger partial charge in [0.05, 0.1) is 24.9 Å². The zero-order valence-electron chi connectivity index (χ0n) is 18.3. The third kappa shape index (κ3) is 6.99. The van der Waals surface area contributed by atoms with Crippen molar-refractivity contribution in [2.75, 3.05) is 39.3 Å². The minimum Gasteiger partial charge on any atom is -0.377 e. The number of morpholine rings is 1. The van der Waals surface area contributed by atoms with Crippen LogP contribution in [-0.2, 0) is 9.47 Å². The highest BCUT2D eigenvalue weighted by atomic mass is 32.2. The molecule has 0 bridgehead atoms. The number of carbonyl (C=O) groups excluding carboxylic acids is 1. The van der Waals surface area contributed by atoms with Gasteiger partial charge in [-0.05, 0) is 51.0 Å². The second-order valence-electron chi connectivity index (χ2n) is 8.57. The maximum atomic E-state index is 12.8. The van der Waals surface area contributed by atoms with E-state index in [1.54, 1.807) is 0 Å². The van der Waals surface area contributed by atoms with Gasteiger partial charge in [0.15, 0.2) is 0 Å². The number of amides is 1. The number of piperidine rings is 1. The van der Waals surface area contributed by atoms with E-state index in [-0.39, 0.29) is 12.0 Å². The summed E-state index contributed by atoms with van der Waals surface area (Å²) in [7, 11) is 0. The lowest BCUT2D eigenvalue weighted by Crippen LogP contribution is -2.47. The quantitative estimate of drug-likeness (QED) is 0.626. The Morgan fingerprint density at radius 3 is 2.34 bits per heavy atom. The first-order chi connectivity index (χ1) is 13.9. The van der Waals surface area contributed by atoms with Crippen molar-refractivity contribution >= 4 is 17.7 Å². The molecule has 2 aliphatic heterocycles. The van der Waals surface area contributed by atoms with Crippen LogP contribution in [0.1, 0.15) is 50.9 Å². The van der Waals surface area contributed by atoms with Crippen LogP contribution in [0.2, 0.25) is 0 Å². The van der Waals surface area contributed by atoms with Gasteiger partial charge >= 0.3 is 0 Å². The van der Waals surface area contributed by atoms with Gasteiger partial charge in [-0.1, -0.05) is 13.8 Å². The van der Waals surface area contributed by atoms with Crippen molar-refractivity contribution in [3.05, 3.63) is 29.8 Å². The van der Waals surface area contributed by atoms with E-state index < -0.39 is 0 Å². The van der Waals surface area contributed by atoms with E-state index in [0.717, 1.165) is 57.7 Å². The molecule has 0 spiro atoms. The number of ether oxygens (including phenoxy) is 2. The zero-order chi connectivity index (χ0) is 20.8. The van der Waals surface area contributed by atoms with Crippen molar-refractivity contribution in [1.29, 1.82) is 0 Å². The molecule has 0 aliphatic carbocycles. The van der Waals surface area contributed by atoms with Crippen LogP contribution < -0.4 is 0 Å². The molecule has 0 saturated carbocycles. The summed E-state index contributed by atoms with van der Waals surface area (Å²) in [6.07, 6.45) is 2.70. The number of nitrogens with zero attached hydrogens (tertiary/aromatic N) is 2. The van der Waals surface area contributed by atoms with Gasteiger partial charge in [0.1, 0.15) is 0 Å². The average molecular weight is 421 g/mol. The van der Waals surface area contributed by atoms with Gasteiger partial charge in [-0.3, -0.25) is 9.69 Å². The molecular formula is C23H36N2O3S. The molecular weight excluding hydrogens is 384 g/mol. The van der Waals surface area contributed by atoms with Crippen molar-refractivity contribution in [1.82, 2.24) is 9.80 Å². The van der Waals surface area contributed by atoms with Crippen LogP contribution in [0.15, 0.2) is 29.2 Å². The summed E-state index contributed by atoms with van der Waals surface area (Å²) in [5, 5.41) is 0.547. The monoisotopic (exact) mass is 420 g/mol. The highest BCUT2D eigenvalue weighted by Crippen LogP contribution is 2.24. The highest BCUT2D eigenvalue weighted by molar-refractivity contribution is 7.99. The predicted molar refractivity (Wildman–Crippen MR) is 119 cm³/mol. The van der Waals surface area contributed by atoms with Crippen LogP contribution in [-0.4, -0.2) is 78.6 Å². The molecule has 0 N–H and O–H groups in total. The Hall–Kier alpha value is -1.08. The summed E-state index contributed by atoms with van der Waals surface area (Å²) in [6.45, 7) is 13.8. The summed E-state index contributed by atoms with van der Waals surface area (Å²) in [4.78, 5) is 18.4. The summed E-state index contributed by atoms with van der Waals surface area (Å²) in [5.74, 6) is 0.140. The van der Waals surface area contributed by atoms with Gasteiger partial charge in [0.2, 0.25) is 0 Å². The Labute approximate surface area is 180 Å². The fourth-order valence-corrected chi connectivity index (χ4v) is 5.01. The second kappa shape index (κ2) is 10.8. The third-order valence-electron chi connectivity index (χ3n) is 5.46.